The average molecular weight is 458 g/mol. The molecular weight excluding hydrogens is 422 g/mol. The maximum Gasteiger partial charge on any atom is 0.236 e. The van der Waals surface area contributed by atoms with E-state index in [-0.39, 0.29) is 5.91 Å². The number of carbonyl (C=O) groups is 1. The summed E-state index contributed by atoms with van der Waals surface area (Å²) in [4.78, 5) is 19.7. The number of hydrogen-bond acceptors (Lipinski definition) is 4. The lowest BCUT2D eigenvalue weighted by Crippen LogP contribution is -2.53. The van der Waals surface area contributed by atoms with Gasteiger partial charge in [0.1, 0.15) is 5.75 Å². The van der Waals surface area contributed by atoms with Crippen LogP contribution in [0.1, 0.15) is 25.0 Å². The van der Waals surface area contributed by atoms with E-state index < -0.39 is 0 Å². The first-order valence-corrected chi connectivity index (χ1v) is 12.4. The topological polar surface area (TPSA) is 36.0 Å². The van der Waals surface area contributed by atoms with Gasteiger partial charge < -0.3 is 9.64 Å². The first-order chi connectivity index (χ1) is 16.5. The summed E-state index contributed by atoms with van der Waals surface area (Å²) in [6.45, 7) is 10.4. The van der Waals surface area contributed by atoms with Crippen LogP contribution >= 0.6 is 0 Å². The van der Waals surface area contributed by atoms with E-state index in [4.69, 9.17) is 4.74 Å². The molecule has 0 saturated carbocycles. The summed E-state index contributed by atoms with van der Waals surface area (Å²) in [5.74, 6) is 1.16. The number of benzene rings is 3. The van der Waals surface area contributed by atoms with Crippen molar-refractivity contribution in [2.75, 3.05) is 46.4 Å². The fourth-order valence-electron chi connectivity index (χ4n) is 5.24. The zero-order valence-corrected chi connectivity index (χ0v) is 20.6. The fraction of sp³-hybridized carbons (Fsp3) is 0.414. The largest absolute Gasteiger partial charge is 0.497 e. The molecule has 3 aromatic carbocycles. The van der Waals surface area contributed by atoms with Crippen LogP contribution in [-0.4, -0.2) is 73.0 Å². The van der Waals surface area contributed by atoms with Gasteiger partial charge >= 0.3 is 0 Å². The zero-order valence-electron chi connectivity index (χ0n) is 20.6. The van der Waals surface area contributed by atoms with E-state index in [0.29, 0.717) is 12.6 Å². The number of rotatable bonds is 5. The van der Waals surface area contributed by atoms with Crippen LogP contribution in [0.15, 0.2) is 54.6 Å². The molecule has 0 spiro atoms. The Bertz CT molecular complexity index is 1180. The molecule has 2 heterocycles. The Hall–Kier alpha value is -2.89. The Morgan fingerprint density at radius 1 is 0.853 bits per heavy atom. The predicted octanol–water partition coefficient (Wildman–Crippen LogP) is 4.43. The van der Waals surface area contributed by atoms with Gasteiger partial charge in [-0.15, -0.1) is 0 Å². The van der Waals surface area contributed by atoms with Crippen LogP contribution in [0.5, 0.6) is 5.75 Å². The van der Waals surface area contributed by atoms with E-state index in [1.165, 1.54) is 33.0 Å². The van der Waals surface area contributed by atoms with Crippen LogP contribution in [-0.2, 0) is 17.8 Å². The molecule has 34 heavy (non-hydrogen) atoms. The molecule has 0 radical (unpaired) electrons. The van der Waals surface area contributed by atoms with E-state index in [1.54, 1.807) is 7.11 Å². The highest BCUT2D eigenvalue weighted by molar-refractivity contribution is 5.88. The third-order valence-electron chi connectivity index (χ3n) is 7.43. The number of ether oxygens (including phenoxy) is 1. The molecule has 0 atom stereocenters. The standard InChI is InChI=1S/C29H35N3O2/c1-21(2)31-12-14-32(15-13-31)29(33)20-30-11-10-26-17-23(6-7-27(26)19-30)22-4-5-25-18-28(34-3)9-8-24(25)16-22/h4-9,16-18,21H,10-15,19-20H2,1-3H3. The van der Waals surface area contributed by atoms with Crippen LogP contribution in [0.3, 0.4) is 0 Å². The van der Waals surface area contributed by atoms with Gasteiger partial charge in [0.2, 0.25) is 5.91 Å². The molecule has 0 aliphatic carbocycles. The highest BCUT2D eigenvalue weighted by Crippen LogP contribution is 2.30. The van der Waals surface area contributed by atoms with Crippen molar-refractivity contribution in [3.63, 3.8) is 0 Å². The molecule has 0 N–H and O–H groups in total. The summed E-state index contributed by atoms with van der Waals surface area (Å²) in [5, 5.41) is 2.40. The van der Waals surface area contributed by atoms with Gasteiger partial charge in [0.05, 0.1) is 13.7 Å². The molecule has 1 fully saturated rings. The molecule has 1 saturated heterocycles. The van der Waals surface area contributed by atoms with Crippen LogP contribution in [0, 0.1) is 0 Å². The lowest BCUT2D eigenvalue weighted by atomic mass is 9.93. The van der Waals surface area contributed by atoms with Gasteiger partial charge in [-0.05, 0) is 71.5 Å². The predicted molar refractivity (Wildman–Crippen MR) is 138 cm³/mol. The summed E-state index contributed by atoms with van der Waals surface area (Å²) in [6, 6.07) is 20.2. The zero-order chi connectivity index (χ0) is 23.7. The van der Waals surface area contributed by atoms with Gasteiger partial charge in [0.25, 0.3) is 0 Å². The SMILES string of the molecule is COc1ccc2cc(-c3ccc4c(c3)CCN(CC(=O)N3CCN(C(C)C)CC3)C4)ccc2c1. The van der Waals surface area contributed by atoms with Crippen molar-refractivity contribution in [2.24, 2.45) is 0 Å². The van der Waals surface area contributed by atoms with Crippen molar-refractivity contribution in [2.45, 2.75) is 32.9 Å². The van der Waals surface area contributed by atoms with E-state index >= 15 is 0 Å². The second-order valence-electron chi connectivity index (χ2n) is 9.88. The smallest absolute Gasteiger partial charge is 0.236 e. The summed E-state index contributed by atoms with van der Waals surface area (Å²) >= 11 is 0. The van der Waals surface area contributed by atoms with Crippen molar-refractivity contribution < 1.29 is 9.53 Å². The minimum Gasteiger partial charge on any atom is -0.497 e. The summed E-state index contributed by atoms with van der Waals surface area (Å²) < 4.78 is 5.35. The van der Waals surface area contributed by atoms with Crippen molar-refractivity contribution in [1.29, 1.82) is 0 Å². The maximum atomic E-state index is 12.9. The number of nitrogens with zero attached hydrogens (tertiary/aromatic N) is 3. The third kappa shape index (κ3) is 4.82. The van der Waals surface area contributed by atoms with Crippen LogP contribution in [0.4, 0.5) is 0 Å². The second-order valence-corrected chi connectivity index (χ2v) is 9.88. The minimum absolute atomic E-state index is 0.274. The highest BCUT2D eigenvalue weighted by Gasteiger charge is 2.25. The second kappa shape index (κ2) is 9.77. The van der Waals surface area contributed by atoms with Crippen molar-refractivity contribution in [3.05, 3.63) is 65.7 Å². The normalized spacial score (nSPS) is 17.2. The number of piperazine rings is 1. The molecule has 178 valence electrons. The monoisotopic (exact) mass is 457 g/mol. The van der Waals surface area contributed by atoms with Gasteiger partial charge in [-0.1, -0.05) is 36.4 Å². The Morgan fingerprint density at radius 3 is 2.32 bits per heavy atom. The average Bonchev–Trinajstić information content (AvgIpc) is 2.87. The molecule has 0 aromatic heterocycles. The lowest BCUT2D eigenvalue weighted by Gasteiger charge is -2.38. The molecule has 0 bridgehead atoms. The van der Waals surface area contributed by atoms with Gasteiger partial charge in [0.15, 0.2) is 0 Å². The third-order valence-corrected chi connectivity index (χ3v) is 7.43. The van der Waals surface area contributed by atoms with Crippen LogP contribution < -0.4 is 4.74 Å². The highest BCUT2D eigenvalue weighted by atomic mass is 16.5. The van der Waals surface area contributed by atoms with Gasteiger partial charge in [0, 0.05) is 45.3 Å². The molecule has 2 aliphatic heterocycles. The van der Waals surface area contributed by atoms with Crippen LogP contribution in [0.25, 0.3) is 21.9 Å². The molecule has 1 amide bonds. The fourth-order valence-corrected chi connectivity index (χ4v) is 5.24. The van der Waals surface area contributed by atoms with E-state index in [0.717, 1.165) is 51.4 Å². The molecule has 2 aliphatic rings. The number of methoxy groups -OCH3 is 1. The van der Waals surface area contributed by atoms with Crippen molar-refractivity contribution in [1.82, 2.24) is 14.7 Å². The molecule has 3 aromatic rings. The van der Waals surface area contributed by atoms with Crippen LogP contribution in [0.2, 0.25) is 0 Å². The van der Waals surface area contributed by atoms with E-state index in [9.17, 15) is 4.79 Å². The Balaban J connectivity index is 1.24. The van der Waals surface area contributed by atoms with E-state index in [1.807, 2.05) is 11.0 Å². The quantitative estimate of drug-likeness (QED) is 0.568. The molecule has 0 unspecified atom stereocenters. The molecular formula is C29H35N3O2. The first-order valence-electron chi connectivity index (χ1n) is 12.4. The number of fused-ring (bicyclic) bond motifs is 2. The summed E-state index contributed by atoms with van der Waals surface area (Å²) in [6.07, 6.45) is 0.988. The molecule has 5 rings (SSSR count). The Kier molecular flexibility index (Phi) is 6.57. The summed E-state index contributed by atoms with van der Waals surface area (Å²) in [5.41, 5.74) is 5.24. The number of carbonyl (C=O) groups excluding carboxylic acids is 1. The van der Waals surface area contributed by atoms with Gasteiger partial charge in [-0.3, -0.25) is 14.6 Å². The lowest BCUT2D eigenvalue weighted by molar-refractivity contribution is -0.134. The number of amides is 1. The van der Waals surface area contributed by atoms with Crippen molar-refractivity contribution in [3.8, 4) is 16.9 Å². The first kappa shape index (κ1) is 22.9. The number of hydrogen-bond donors (Lipinski definition) is 0. The summed E-state index contributed by atoms with van der Waals surface area (Å²) in [7, 11) is 1.70. The van der Waals surface area contributed by atoms with Crippen molar-refractivity contribution >= 4 is 16.7 Å². The maximum absolute atomic E-state index is 12.9. The minimum atomic E-state index is 0.274. The Morgan fingerprint density at radius 2 is 1.56 bits per heavy atom. The Labute approximate surface area is 202 Å². The van der Waals surface area contributed by atoms with Gasteiger partial charge in [-0.2, -0.15) is 0 Å². The van der Waals surface area contributed by atoms with Gasteiger partial charge in [-0.25, -0.2) is 0 Å². The molecule has 5 heteroatoms. The van der Waals surface area contributed by atoms with E-state index in [2.05, 4.69) is 72.2 Å². The molecule has 5 nitrogen and oxygen atoms in total.